The Balaban J connectivity index is 1.79. The quantitative estimate of drug-likeness (QED) is 0.831. The number of ether oxygens (including phenoxy) is 1. The van der Waals surface area contributed by atoms with Gasteiger partial charge >= 0.3 is 0 Å². The summed E-state index contributed by atoms with van der Waals surface area (Å²) < 4.78 is 5.00. The van der Waals surface area contributed by atoms with E-state index in [0.717, 1.165) is 11.1 Å². The number of pyridine rings is 1. The number of methoxy groups -OCH3 is 1. The van der Waals surface area contributed by atoms with E-state index in [2.05, 4.69) is 10.3 Å². The first-order valence-electron chi connectivity index (χ1n) is 6.22. The molecule has 0 bridgehead atoms. The van der Waals surface area contributed by atoms with Crippen LogP contribution in [0.2, 0.25) is 0 Å². The van der Waals surface area contributed by atoms with Gasteiger partial charge < -0.3 is 15.2 Å². The maximum atomic E-state index is 9.98. The second-order valence-electron chi connectivity index (χ2n) is 4.27. The van der Waals surface area contributed by atoms with Gasteiger partial charge in [0.1, 0.15) is 0 Å². The summed E-state index contributed by atoms with van der Waals surface area (Å²) in [6.45, 7) is 1.18. The molecule has 2 aromatic rings. The molecule has 0 aliphatic rings. The zero-order chi connectivity index (χ0) is 13.5. The number of aliphatic hydroxyl groups excluding tert-OH is 1. The molecule has 2 N–H and O–H groups in total. The summed E-state index contributed by atoms with van der Waals surface area (Å²) in [7, 11) is 1.59. The van der Waals surface area contributed by atoms with Crippen LogP contribution >= 0.6 is 0 Å². The number of nitrogens with zero attached hydrogens (tertiary/aromatic N) is 1. The number of rotatable bonds is 6. The van der Waals surface area contributed by atoms with Gasteiger partial charge in [-0.25, -0.2) is 4.98 Å². The Morgan fingerprint density at radius 2 is 2.00 bits per heavy atom. The van der Waals surface area contributed by atoms with Gasteiger partial charge in [0.25, 0.3) is 0 Å². The van der Waals surface area contributed by atoms with Crippen molar-refractivity contribution in [2.75, 3.05) is 13.7 Å². The summed E-state index contributed by atoms with van der Waals surface area (Å²) in [5, 5.41) is 13.2. The highest BCUT2D eigenvalue weighted by Gasteiger charge is 2.05. The highest BCUT2D eigenvalue weighted by Crippen LogP contribution is 2.11. The zero-order valence-electron chi connectivity index (χ0n) is 10.9. The number of aromatic nitrogens is 1. The molecule has 0 saturated heterocycles. The second kappa shape index (κ2) is 6.87. The Morgan fingerprint density at radius 1 is 1.21 bits per heavy atom. The molecule has 1 aromatic heterocycles. The monoisotopic (exact) mass is 258 g/mol. The van der Waals surface area contributed by atoms with Crippen molar-refractivity contribution in [3.63, 3.8) is 0 Å². The Hall–Kier alpha value is -1.91. The lowest BCUT2D eigenvalue weighted by atomic mass is 10.1. The molecule has 1 aromatic carbocycles. The lowest BCUT2D eigenvalue weighted by Gasteiger charge is -2.12. The van der Waals surface area contributed by atoms with Crippen molar-refractivity contribution in [2.24, 2.45) is 0 Å². The van der Waals surface area contributed by atoms with Gasteiger partial charge in [0, 0.05) is 25.4 Å². The van der Waals surface area contributed by atoms with Crippen LogP contribution in [-0.4, -0.2) is 23.7 Å². The first kappa shape index (κ1) is 13.5. The first-order valence-corrected chi connectivity index (χ1v) is 6.22. The average molecular weight is 258 g/mol. The number of aliphatic hydroxyl groups is 1. The standard InChI is InChI=1S/C15H18N2O2/c1-19-15-8-7-12(10-17-15)9-16-11-14(18)13-5-3-2-4-6-13/h2-8,10,14,16,18H,9,11H2,1H3. The maximum Gasteiger partial charge on any atom is 0.212 e. The molecule has 4 heteroatoms. The van der Waals surface area contributed by atoms with Gasteiger partial charge in [0.05, 0.1) is 13.2 Å². The predicted octanol–water partition coefficient (Wildman–Crippen LogP) is 1.91. The van der Waals surface area contributed by atoms with Gasteiger partial charge in [-0.2, -0.15) is 0 Å². The Labute approximate surface area is 113 Å². The van der Waals surface area contributed by atoms with Gasteiger partial charge in [-0.05, 0) is 11.1 Å². The lowest BCUT2D eigenvalue weighted by molar-refractivity contribution is 0.174. The van der Waals surface area contributed by atoms with Crippen LogP contribution in [0, 0.1) is 0 Å². The van der Waals surface area contributed by atoms with Gasteiger partial charge in [0.2, 0.25) is 5.88 Å². The number of benzene rings is 1. The van der Waals surface area contributed by atoms with Gasteiger partial charge in [-0.1, -0.05) is 36.4 Å². The average Bonchev–Trinajstić information content (AvgIpc) is 2.49. The molecular weight excluding hydrogens is 240 g/mol. The highest BCUT2D eigenvalue weighted by molar-refractivity contribution is 5.19. The van der Waals surface area contributed by atoms with Crippen molar-refractivity contribution < 1.29 is 9.84 Å². The fourth-order valence-corrected chi connectivity index (χ4v) is 1.78. The predicted molar refractivity (Wildman–Crippen MR) is 73.9 cm³/mol. The van der Waals surface area contributed by atoms with Crippen LogP contribution in [0.3, 0.4) is 0 Å². The van der Waals surface area contributed by atoms with Crippen LogP contribution in [0.5, 0.6) is 5.88 Å². The smallest absolute Gasteiger partial charge is 0.212 e. The summed E-state index contributed by atoms with van der Waals surface area (Å²) in [6.07, 6.45) is 1.27. The third-order valence-electron chi connectivity index (χ3n) is 2.86. The van der Waals surface area contributed by atoms with E-state index in [1.165, 1.54) is 0 Å². The third kappa shape index (κ3) is 4.05. The van der Waals surface area contributed by atoms with Crippen LogP contribution in [0.15, 0.2) is 48.7 Å². The minimum Gasteiger partial charge on any atom is -0.481 e. The summed E-state index contributed by atoms with van der Waals surface area (Å²) in [4.78, 5) is 4.13. The molecule has 4 nitrogen and oxygen atoms in total. The lowest BCUT2D eigenvalue weighted by Crippen LogP contribution is -2.21. The normalized spacial score (nSPS) is 12.1. The summed E-state index contributed by atoms with van der Waals surface area (Å²) >= 11 is 0. The van der Waals surface area contributed by atoms with Crippen molar-refractivity contribution in [1.82, 2.24) is 10.3 Å². The SMILES string of the molecule is COc1ccc(CNCC(O)c2ccccc2)cn1. The molecular formula is C15H18N2O2. The summed E-state index contributed by atoms with van der Waals surface area (Å²) in [5.74, 6) is 0.605. The molecule has 1 atom stereocenters. The molecule has 100 valence electrons. The van der Waals surface area contributed by atoms with E-state index in [0.29, 0.717) is 19.0 Å². The largest absolute Gasteiger partial charge is 0.481 e. The highest BCUT2D eigenvalue weighted by atomic mass is 16.5. The Morgan fingerprint density at radius 3 is 2.63 bits per heavy atom. The fraction of sp³-hybridized carbons (Fsp3) is 0.267. The molecule has 0 aliphatic heterocycles. The molecule has 19 heavy (non-hydrogen) atoms. The van der Waals surface area contributed by atoms with Crippen molar-refractivity contribution in [3.8, 4) is 5.88 Å². The van der Waals surface area contributed by atoms with E-state index in [1.807, 2.05) is 42.5 Å². The molecule has 0 aliphatic carbocycles. The minimum absolute atomic E-state index is 0.493. The first-order chi connectivity index (χ1) is 9.29. The van der Waals surface area contributed by atoms with Crippen molar-refractivity contribution in [3.05, 3.63) is 59.8 Å². The van der Waals surface area contributed by atoms with Crippen LogP contribution < -0.4 is 10.1 Å². The van der Waals surface area contributed by atoms with Gasteiger partial charge in [-0.3, -0.25) is 0 Å². The fourth-order valence-electron chi connectivity index (χ4n) is 1.78. The van der Waals surface area contributed by atoms with Crippen LogP contribution in [-0.2, 0) is 6.54 Å². The molecule has 0 spiro atoms. The van der Waals surface area contributed by atoms with E-state index in [4.69, 9.17) is 4.74 Å². The Kier molecular flexibility index (Phi) is 4.89. The van der Waals surface area contributed by atoms with Crippen LogP contribution in [0.4, 0.5) is 0 Å². The van der Waals surface area contributed by atoms with E-state index in [9.17, 15) is 5.11 Å². The molecule has 0 radical (unpaired) electrons. The molecule has 2 rings (SSSR count). The van der Waals surface area contributed by atoms with Crippen LogP contribution in [0.25, 0.3) is 0 Å². The van der Waals surface area contributed by atoms with Crippen molar-refractivity contribution in [2.45, 2.75) is 12.6 Å². The van der Waals surface area contributed by atoms with E-state index in [-0.39, 0.29) is 0 Å². The van der Waals surface area contributed by atoms with E-state index < -0.39 is 6.10 Å². The van der Waals surface area contributed by atoms with Crippen LogP contribution in [0.1, 0.15) is 17.2 Å². The molecule has 0 saturated carbocycles. The zero-order valence-corrected chi connectivity index (χ0v) is 10.9. The van der Waals surface area contributed by atoms with Gasteiger partial charge in [0.15, 0.2) is 0 Å². The third-order valence-corrected chi connectivity index (χ3v) is 2.86. The van der Waals surface area contributed by atoms with Crippen molar-refractivity contribution >= 4 is 0 Å². The molecule has 1 unspecified atom stereocenters. The summed E-state index contributed by atoms with van der Waals surface area (Å²) in [6, 6.07) is 13.4. The van der Waals surface area contributed by atoms with Gasteiger partial charge in [-0.15, -0.1) is 0 Å². The Bertz CT molecular complexity index is 485. The number of hydrogen-bond acceptors (Lipinski definition) is 4. The van der Waals surface area contributed by atoms with E-state index in [1.54, 1.807) is 13.3 Å². The molecule has 1 heterocycles. The van der Waals surface area contributed by atoms with E-state index >= 15 is 0 Å². The second-order valence-corrected chi connectivity index (χ2v) is 4.27. The van der Waals surface area contributed by atoms with Crippen molar-refractivity contribution in [1.29, 1.82) is 0 Å². The number of hydrogen-bond donors (Lipinski definition) is 2. The maximum absolute atomic E-state index is 9.98. The minimum atomic E-state index is -0.493. The summed E-state index contributed by atoms with van der Waals surface area (Å²) in [5.41, 5.74) is 1.98. The molecule has 0 amide bonds. The molecule has 0 fully saturated rings. The number of nitrogens with one attached hydrogen (secondary N) is 1. The topological polar surface area (TPSA) is 54.4 Å².